The third kappa shape index (κ3) is 4.11. The minimum Gasteiger partial charge on any atom is -0.476 e. The maximum absolute atomic E-state index is 13.7. The minimum atomic E-state index is -4.82. The number of aliphatic hydroxyl groups is 1. The van der Waals surface area contributed by atoms with E-state index in [4.69, 9.17) is 4.74 Å². The van der Waals surface area contributed by atoms with E-state index in [9.17, 15) is 28.2 Å². The van der Waals surface area contributed by atoms with Crippen molar-refractivity contribution in [2.24, 2.45) is 0 Å². The van der Waals surface area contributed by atoms with Crippen LogP contribution in [0.25, 0.3) is 0 Å². The number of carboxylic acids is 1. The normalized spacial score (nSPS) is 13.5. The lowest BCUT2D eigenvalue weighted by atomic mass is 10.0. The van der Waals surface area contributed by atoms with Gasteiger partial charge < -0.3 is 14.9 Å². The molecule has 28 heavy (non-hydrogen) atoms. The number of aromatic carboxylic acids is 1. The third-order valence-electron chi connectivity index (χ3n) is 4.08. The van der Waals surface area contributed by atoms with Gasteiger partial charge in [0.2, 0.25) is 5.88 Å². The highest BCUT2D eigenvalue weighted by molar-refractivity contribution is 5.87. The van der Waals surface area contributed by atoms with Crippen molar-refractivity contribution in [3.05, 3.63) is 34.8 Å². The first-order chi connectivity index (χ1) is 12.8. The Kier molecular flexibility index (Phi) is 5.74. The largest absolute Gasteiger partial charge is 0.476 e. The predicted octanol–water partition coefficient (Wildman–Crippen LogP) is 4.29. The number of carboxylic acid groups (broad SMARTS) is 1. The third-order valence-corrected chi connectivity index (χ3v) is 4.08. The van der Waals surface area contributed by atoms with Crippen molar-refractivity contribution in [1.82, 2.24) is 14.8 Å². The van der Waals surface area contributed by atoms with Gasteiger partial charge in [-0.2, -0.15) is 18.3 Å². The van der Waals surface area contributed by atoms with Gasteiger partial charge >= 0.3 is 12.1 Å². The molecule has 0 bridgehead atoms. The summed E-state index contributed by atoms with van der Waals surface area (Å²) in [6.45, 7) is 8.06. The summed E-state index contributed by atoms with van der Waals surface area (Å²) in [5.74, 6) is -2.10. The van der Waals surface area contributed by atoms with E-state index in [1.165, 1.54) is 18.5 Å². The maximum atomic E-state index is 13.7. The highest BCUT2D eigenvalue weighted by Crippen LogP contribution is 2.43. The van der Waals surface area contributed by atoms with Crippen molar-refractivity contribution in [2.75, 3.05) is 0 Å². The van der Waals surface area contributed by atoms with Crippen molar-refractivity contribution in [1.29, 1.82) is 0 Å². The van der Waals surface area contributed by atoms with Gasteiger partial charge in [0, 0.05) is 17.3 Å². The Morgan fingerprint density at radius 1 is 1.29 bits per heavy atom. The van der Waals surface area contributed by atoms with E-state index >= 15 is 0 Å². The smallest absolute Gasteiger partial charge is 0.420 e. The summed E-state index contributed by atoms with van der Waals surface area (Å²) in [7, 11) is 0. The zero-order valence-electron chi connectivity index (χ0n) is 16.1. The van der Waals surface area contributed by atoms with Gasteiger partial charge in [-0.05, 0) is 34.1 Å². The standard InChI is InChI=1S/C18H22F3N3O4/c1-6-11(25)10-7-22-8-12(13(10)18(19,20)21)28-15-9(2)14(16(26)27)23-24(15)17(3,4)5/h7-8,11,25H,6H2,1-5H3,(H,26,27). The van der Waals surface area contributed by atoms with E-state index in [2.05, 4.69) is 10.1 Å². The first-order valence-electron chi connectivity index (χ1n) is 8.53. The second-order valence-corrected chi connectivity index (χ2v) is 7.29. The Balaban J connectivity index is 2.72. The van der Waals surface area contributed by atoms with E-state index in [0.29, 0.717) is 0 Å². The van der Waals surface area contributed by atoms with Crippen LogP contribution in [0.2, 0.25) is 0 Å². The monoisotopic (exact) mass is 401 g/mol. The number of pyridine rings is 1. The number of nitrogens with zero attached hydrogens (tertiary/aromatic N) is 3. The molecule has 10 heteroatoms. The van der Waals surface area contributed by atoms with Gasteiger partial charge in [0.1, 0.15) is 5.56 Å². The fraction of sp³-hybridized carbons (Fsp3) is 0.500. The number of aromatic nitrogens is 3. The molecule has 0 aliphatic carbocycles. The zero-order valence-corrected chi connectivity index (χ0v) is 16.1. The summed E-state index contributed by atoms with van der Waals surface area (Å²) >= 11 is 0. The van der Waals surface area contributed by atoms with Gasteiger partial charge in [-0.15, -0.1) is 0 Å². The van der Waals surface area contributed by atoms with Gasteiger partial charge in [-0.25, -0.2) is 9.48 Å². The molecule has 2 heterocycles. The predicted molar refractivity (Wildman–Crippen MR) is 93.5 cm³/mol. The van der Waals surface area contributed by atoms with Crippen molar-refractivity contribution in [2.45, 2.75) is 58.9 Å². The van der Waals surface area contributed by atoms with Crippen LogP contribution in [0.15, 0.2) is 12.4 Å². The molecule has 2 aromatic rings. The van der Waals surface area contributed by atoms with Crippen LogP contribution >= 0.6 is 0 Å². The first-order valence-corrected chi connectivity index (χ1v) is 8.53. The fourth-order valence-corrected chi connectivity index (χ4v) is 2.67. The molecule has 154 valence electrons. The molecule has 0 aliphatic heterocycles. The average molecular weight is 401 g/mol. The van der Waals surface area contributed by atoms with Gasteiger partial charge in [-0.3, -0.25) is 4.98 Å². The Labute approximate surface area is 159 Å². The van der Waals surface area contributed by atoms with Crippen LogP contribution < -0.4 is 4.74 Å². The molecule has 0 aliphatic rings. The lowest BCUT2D eigenvalue weighted by molar-refractivity contribution is -0.140. The molecule has 2 rings (SSSR count). The molecule has 1 unspecified atom stereocenters. The number of carbonyl (C=O) groups is 1. The highest BCUT2D eigenvalue weighted by Gasteiger charge is 2.40. The van der Waals surface area contributed by atoms with Crippen molar-refractivity contribution in [3.8, 4) is 11.6 Å². The Morgan fingerprint density at radius 2 is 1.89 bits per heavy atom. The molecule has 0 saturated heterocycles. The average Bonchev–Trinajstić information content (AvgIpc) is 2.90. The molecule has 0 saturated carbocycles. The van der Waals surface area contributed by atoms with Crippen LogP contribution in [-0.4, -0.2) is 30.9 Å². The first kappa shape index (κ1) is 21.7. The molecule has 0 spiro atoms. The zero-order chi connectivity index (χ0) is 21.4. The van der Waals surface area contributed by atoms with Crippen molar-refractivity contribution in [3.63, 3.8) is 0 Å². The fourth-order valence-electron chi connectivity index (χ4n) is 2.67. The number of halogens is 3. The SMILES string of the molecule is CCC(O)c1cncc(Oc2c(C)c(C(=O)O)nn2C(C)(C)C)c1C(F)(F)F. The maximum Gasteiger partial charge on any atom is 0.420 e. The van der Waals surface area contributed by atoms with Crippen LogP contribution in [-0.2, 0) is 11.7 Å². The van der Waals surface area contributed by atoms with Crippen LogP contribution in [0.1, 0.15) is 67.4 Å². The molecule has 1 atom stereocenters. The second kappa shape index (κ2) is 7.42. The van der Waals surface area contributed by atoms with Crippen LogP contribution in [0, 0.1) is 6.92 Å². The Bertz CT molecular complexity index is 885. The van der Waals surface area contributed by atoms with E-state index < -0.39 is 40.7 Å². The van der Waals surface area contributed by atoms with E-state index in [1.54, 1.807) is 20.8 Å². The lowest BCUT2D eigenvalue weighted by Crippen LogP contribution is -2.24. The number of ether oxygens (including phenoxy) is 1. The summed E-state index contributed by atoms with van der Waals surface area (Å²) < 4.78 is 48.0. The highest BCUT2D eigenvalue weighted by atomic mass is 19.4. The molecule has 0 aromatic carbocycles. The van der Waals surface area contributed by atoms with Gasteiger partial charge in [0.25, 0.3) is 0 Å². The van der Waals surface area contributed by atoms with E-state index in [-0.39, 0.29) is 23.6 Å². The van der Waals surface area contributed by atoms with Crippen LogP contribution in [0.5, 0.6) is 11.6 Å². The summed E-state index contributed by atoms with van der Waals surface area (Å²) in [5.41, 5.74) is -2.58. The molecule has 0 radical (unpaired) electrons. The van der Waals surface area contributed by atoms with E-state index in [0.717, 1.165) is 12.4 Å². The van der Waals surface area contributed by atoms with Crippen molar-refractivity contribution >= 4 is 5.97 Å². The molecule has 0 amide bonds. The lowest BCUT2D eigenvalue weighted by Gasteiger charge is -2.24. The topological polar surface area (TPSA) is 97.5 Å². The number of alkyl halides is 3. The minimum absolute atomic E-state index is 0.0519. The van der Waals surface area contributed by atoms with Crippen LogP contribution in [0.3, 0.4) is 0 Å². The molecule has 2 N–H and O–H groups in total. The molecule has 2 aromatic heterocycles. The van der Waals surface area contributed by atoms with E-state index in [1.807, 2.05) is 0 Å². The summed E-state index contributed by atoms with van der Waals surface area (Å²) in [6.07, 6.45) is -4.32. The summed E-state index contributed by atoms with van der Waals surface area (Å²) in [5, 5.41) is 23.3. The van der Waals surface area contributed by atoms with Crippen molar-refractivity contribution < 1.29 is 32.9 Å². The number of hydrogen-bond acceptors (Lipinski definition) is 5. The van der Waals surface area contributed by atoms with Gasteiger partial charge in [0.05, 0.1) is 17.8 Å². The van der Waals surface area contributed by atoms with Crippen LogP contribution in [0.4, 0.5) is 13.2 Å². The van der Waals surface area contributed by atoms with Gasteiger partial charge in [0.15, 0.2) is 11.4 Å². The number of aliphatic hydroxyl groups excluding tert-OH is 1. The quantitative estimate of drug-likeness (QED) is 0.776. The summed E-state index contributed by atoms with van der Waals surface area (Å²) in [4.78, 5) is 15.2. The second-order valence-electron chi connectivity index (χ2n) is 7.29. The summed E-state index contributed by atoms with van der Waals surface area (Å²) in [6, 6.07) is 0. The molecule has 0 fully saturated rings. The Hall–Kier alpha value is -2.62. The number of hydrogen-bond donors (Lipinski definition) is 2. The van der Waals surface area contributed by atoms with Gasteiger partial charge in [-0.1, -0.05) is 6.92 Å². The Morgan fingerprint density at radius 3 is 2.36 bits per heavy atom. The molecule has 7 nitrogen and oxygen atoms in total. The molecular weight excluding hydrogens is 379 g/mol. The number of rotatable bonds is 5. The molecular formula is C18H22F3N3O4.